The molecule has 10 aromatic rings. The van der Waals surface area contributed by atoms with Gasteiger partial charge in [-0.25, -0.2) is 0 Å². The van der Waals surface area contributed by atoms with E-state index in [1.807, 2.05) is 6.07 Å². The molecule has 0 radical (unpaired) electrons. The van der Waals surface area contributed by atoms with Crippen molar-refractivity contribution in [1.29, 1.82) is 0 Å². The van der Waals surface area contributed by atoms with E-state index in [1.165, 1.54) is 49.7 Å². The van der Waals surface area contributed by atoms with Crippen LogP contribution in [0.2, 0.25) is 0 Å². The highest BCUT2D eigenvalue weighted by atomic mass is 16.3. The van der Waals surface area contributed by atoms with Gasteiger partial charge in [0.15, 0.2) is 0 Å². The van der Waals surface area contributed by atoms with Crippen LogP contribution in [0.25, 0.3) is 77.2 Å². The molecule has 0 saturated carbocycles. The fourth-order valence-corrected chi connectivity index (χ4v) is 9.45. The van der Waals surface area contributed by atoms with Crippen LogP contribution in [0, 0.1) is 0 Å². The molecular formula is C55H39NO. The van der Waals surface area contributed by atoms with Crippen LogP contribution in [-0.2, 0) is 5.41 Å². The highest BCUT2D eigenvalue weighted by Crippen LogP contribution is 2.53. The predicted molar refractivity (Wildman–Crippen MR) is 240 cm³/mol. The third-order valence-electron chi connectivity index (χ3n) is 12.1. The van der Waals surface area contributed by atoms with Crippen molar-refractivity contribution >= 4 is 49.8 Å². The van der Waals surface area contributed by atoms with Gasteiger partial charge in [-0.1, -0.05) is 178 Å². The van der Waals surface area contributed by atoms with E-state index in [0.717, 1.165) is 55.7 Å². The molecule has 0 aliphatic heterocycles. The summed E-state index contributed by atoms with van der Waals surface area (Å²) in [5, 5.41) is 4.70. The smallest absolute Gasteiger partial charge is 0.136 e. The van der Waals surface area contributed by atoms with Crippen molar-refractivity contribution < 1.29 is 4.42 Å². The number of nitrogens with zero attached hydrogens (tertiary/aromatic N) is 1. The van der Waals surface area contributed by atoms with Gasteiger partial charge in [0.1, 0.15) is 11.2 Å². The Kier molecular flexibility index (Phi) is 7.55. The van der Waals surface area contributed by atoms with E-state index < -0.39 is 0 Å². The van der Waals surface area contributed by atoms with Gasteiger partial charge in [-0.05, 0) is 91.7 Å². The summed E-state index contributed by atoms with van der Waals surface area (Å²) in [7, 11) is 0. The van der Waals surface area contributed by atoms with Crippen LogP contribution < -0.4 is 4.90 Å². The number of furan rings is 1. The quantitative estimate of drug-likeness (QED) is 0.169. The first-order valence-electron chi connectivity index (χ1n) is 19.8. The fourth-order valence-electron chi connectivity index (χ4n) is 9.45. The molecule has 0 unspecified atom stereocenters. The normalized spacial score (nSPS) is 12.9. The maximum absolute atomic E-state index is 6.44. The molecule has 11 rings (SSSR count). The Hall–Kier alpha value is -7.16. The first-order chi connectivity index (χ1) is 28.1. The lowest BCUT2D eigenvalue weighted by Gasteiger charge is -2.31. The van der Waals surface area contributed by atoms with Gasteiger partial charge < -0.3 is 9.32 Å². The second kappa shape index (κ2) is 13.0. The van der Waals surface area contributed by atoms with Gasteiger partial charge in [0.25, 0.3) is 0 Å². The Bertz CT molecular complexity index is 3160. The average Bonchev–Trinajstić information content (AvgIpc) is 3.76. The summed E-state index contributed by atoms with van der Waals surface area (Å²) in [5.74, 6) is 0. The minimum Gasteiger partial charge on any atom is -0.456 e. The van der Waals surface area contributed by atoms with Crippen molar-refractivity contribution in [2.24, 2.45) is 0 Å². The minimum absolute atomic E-state index is 0.159. The van der Waals surface area contributed by atoms with Crippen LogP contribution in [-0.4, -0.2) is 0 Å². The van der Waals surface area contributed by atoms with E-state index in [1.54, 1.807) is 0 Å². The van der Waals surface area contributed by atoms with E-state index in [0.29, 0.717) is 0 Å². The van der Waals surface area contributed by atoms with Crippen molar-refractivity contribution in [2.45, 2.75) is 19.3 Å². The van der Waals surface area contributed by atoms with Crippen molar-refractivity contribution in [3.05, 3.63) is 211 Å². The molecule has 1 heterocycles. The molecule has 0 fully saturated rings. The molecule has 0 atom stereocenters. The summed E-state index contributed by atoms with van der Waals surface area (Å²) < 4.78 is 6.44. The lowest BCUT2D eigenvalue weighted by Crippen LogP contribution is -2.17. The van der Waals surface area contributed by atoms with Gasteiger partial charge in [-0.3, -0.25) is 0 Å². The molecule has 0 bridgehead atoms. The van der Waals surface area contributed by atoms with Gasteiger partial charge in [-0.15, -0.1) is 0 Å². The van der Waals surface area contributed by atoms with E-state index >= 15 is 0 Å². The Labute approximate surface area is 332 Å². The largest absolute Gasteiger partial charge is 0.456 e. The van der Waals surface area contributed by atoms with Crippen LogP contribution >= 0.6 is 0 Å². The van der Waals surface area contributed by atoms with Gasteiger partial charge in [0.05, 0.1) is 11.4 Å². The number of fused-ring (bicyclic) bond motifs is 7. The van der Waals surface area contributed by atoms with Gasteiger partial charge in [0, 0.05) is 33.0 Å². The highest BCUT2D eigenvalue weighted by Gasteiger charge is 2.36. The van der Waals surface area contributed by atoms with Crippen LogP contribution in [0.15, 0.2) is 205 Å². The van der Waals surface area contributed by atoms with Gasteiger partial charge >= 0.3 is 0 Å². The highest BCUT2D eigenvalue weighted by molar-refractivity contribution is 6.14. The van der Waals surface area contributed by atoms with E-state index in [9.17, 15) is 0 Å². The van der Waals surface area contributed by atoms with Crippen molar-refractivity contribution in [3.8, 4) is 44.5 Å². The molecule has 0 N–H and O–H groups in total. The zero-order valence-electron chi connectivity index (χ0n) is 31.9. The summed E-state index contributed by atoms with van der Waals surface area (Å²) >= 11 is 0. The second-order valence-electron chi connectivity index (χ2n) is 15.6. The Morgan fingerprint density at radius 3 is 1.68 bits per heavy atom. The van der Waals surface area contributed by atoms with Crippen LogP contribution in [0.4, 0.5) is 17.1 Å². The first kappa shape index (κ1) is 33.2. The number of para-hydroxylation sites is 3. The first-order valence-corrected chi connectivity index (χ1v) is 19.8. The summed E-state index contributed by atoms with van der Waals surface area (Å²) in [5.41, 5.74) is 17.3. The summed E-state index contributed by atoms with van der Waals surface area (Å²) in [6.45, 7) is 4.72. The maximum Gasteiger partial charge on any atom is 0.136 e. The second-order valence-corrected chi connectivity index (χ2v) is 15.6. The summed E-state index contributed by atoms with van der Waals surface area (Å²) in [6.07, 6.45) is 0. The van der Waals surface area contributed by atoms with Crippen LogP contribution in [0.1, 0.15) is 25.0 Å². The number of rotatable bonds is 6. The lowest BCUT2D eigenvalue weighted by molar-refractivity contribution is 0.660. The Morgan fingerprint density at radius 2 is 0.930 bits per heavy atom. The molecule has 9 aromatic carbocycles. The summed E-state index contributed by atoms with van der Waals surface area (Å²) in [6, 6.07) is 72.7. The Morgan fingerprint density at radius 1 is 0.386 bits per heavy atom. The van der Waals surface area contributed by atoms with E-state index in [2.05, 4.69) is 213 Å². The third-order valence-corrected chi connectivity index (χ3v) is 12.1. The molecule has 270 valence electrons. The Balaban J connectivity index is 1.20. The molecule has 2 nitrogen and oxygen atoms in total. The molecule has 0 spiro atoms. The standard InChI is InChI=1S/C55H39NO/c1-55(2)47-28-10-6-21-40(47)41-34-33-38(35-48(41)55)56(50-30-12-8-23-43(50)45-27-16-32-52-54(45)46-24-9-13-31-51(46)57-52)49-29-11-7-22-42(49)44-26-15-20-37-19-14-25-39(53(37)44)36-17-4-3-5-18-36/h3-35H,1-2H3. The lowest BCUT2D eigenvalue weighted by atomic mass is 9.82. The monoisotopic (exact) mass is 729 g/mol. The molecule has 1 aliphatic carbocycles. The van der Waals surface area contributed by atoms with E-state index in [4.69, 9.17) is 4.42 Å². The van der Waals surface area contributed by atoms with Crippen molar-refractivity contribution in [3.63, 3.8) is 0 Å². The zero-order valence-corrected chi connectivity index (χ0v) is 31.9. The van der Waals surface area contributed by atoms with E-state index in [-0.39, 0.29) is 5.41 Å². The van der Waals surface area contributed by atoms with Crippen molar-refractivity contribution in [2.75, 3.05) is 4.90 Å². The average molecular weight is 730 g/mol. The molecule has 0 amide bonds. The number of benzene rings is 9. The zero-order chi connectivity index (χ0) is 38.1. The number of hydrogen-bond donors (Lipinski definition) is 0. The summed E-state index contributed by atoms with van der Waals surface area (Å²) in [4.78, 5) is 2.50. The number of hydrogen-bond acceptors (Lipinski definition) is 2. The third kappa shape index (κ3) is 5.18. The number of anilines is 3. The molecule has 1 aliphatic rings. The maximum atomic E-state index is 6.44. The molecule has 1 aromatic heterocycles. The predicted octanol–water partition coefficient (Wildman–Crippen LogP) is 15.5. The molecule has 0 saturated heterocycles. The molecule has 2 heteroatoms. The van der Waals surface area contributed by atoms with Gasteiger partial charge in [-0.2, -0.15) is 0 Å². The topological polar surface area (TPSA) is 16.4 Å². The SMILES string of the molecule is CC1(C)c2ccccc2-c2ccc(N(c3ccccc3-c3cccc4cccc(-c5ccccc5)c34)c3ccccc3-c3cccc4oc5ccccc5c34)cc21. The molecular weight excluding hydrogens is 691 g/mol. The fraction of sp³-hybridized carbons (Fsp3) is 0.0545. The molecule has 57 heavy (non-hydrogen) atoms. The minimum atomic E-state index is -0.159. The van der Waals surface area contributed by atoms with Crippen LogP contribution in [0.5, 0.6) is 0 Å². The van der Waals surface area contributed by atoms with Crippen LogP contribution in [0.3, 0.4) is 0 Å². The van der Waals surface area contributed by atoms with Gasteiger partial charge in [0.2, 0.25) is 0 Å². The van der Waals surface area contributed by atoms with Crippen molar-refractivity contribution in [1.82, 2.24) is 0 Å².